The predicted octanol–water partition coefficient (Wildman–Crippen LogP) is 5.04. The maximum Gasteiger partial charge on any atom is 0.409 e. The van der Waals surface area contributed by atoms with Crippen molar-refractivity contribution in [3.63, 3.8) is 0 Å². The molecule has 3 heterocycles. The lowest BCUT2D eigenvalue weighted by Crippen LogP contribution is -2.35. The molecule has 35 heavy (non-hydrogen) atoms. The molecule has 0 bridgehead atoms. The summed E-state index contributed by atoms with van der Waals surface area (Å²) in [5.41, 5.74) is 4.43. The molecule has 2 atom stereocenters. The van der Waals surface area contributed by atoms with Gasteiger partial charge in [0, 0.05) is 30.7 Å². The van der Waals surface area contributed by atoms with Crippen molar-refractivity contribution < 1.29 is 24.2 Å². The molecular weight excluding hydrogens is 446 g/mol. The van der Waals surface area contributed by atoms with Crippen molar-refractivity contribution in [2.45, 2.75) is 89.3 Å². The summed E-state index contributed by atoms with van der Waals surface area (Å²) in [5.74, 6) is 0.370. The summed E-state index contributed by atoms with van der Waals surface area (Å²) in [4.78, 5) is 30.8. The van der Waals surface area contributed by atoms with Gasteiger partial charge in [0.15, 0.2) is 0 Å². The Morgan fingerprint density at radius 2 is 2.00 bits per heavy atom. The number of rotatable bonds is 5. The Balaban J connectivity index is 1.52. The third kappa shape index (κ3) is 4.77. The first kappa shape index (κ1) is 24.1. The second-order valence-corrected chi connectivity index (χ2v) is 10.5. The van der Waals surface area contributed by atoms with Gasteiger partial charge in [0.25, 0.3) is 0 Å². The Morgan fingerprint density at radius 3 is 2.69 bits per heavy atom. The predicted molar refractivity (Wildman–Crippen MR) is 132 cm³/mol. The van der Waals surface area contributed by atoms with Crippen LogP contribution in [0.1, 0.15) is 87.2 Å². The highest BCUT2D eigenvalue weighted by Crippen LogP contribution is 2.40. The molecule has 190 valence electrons. The number of carbonyl (C=O) groups excluding carboxylic acids is 1. The number of aromatic nitrogens is 2. The van der Waals surface area contributed by atoms with Crippen molar-refractivity contribution in [1.29, 1.82) is 0 Å². The highest BCUT2D eigenvalue weighted by molar-refractivity contribution is 5.82. The summed E-state index contributed by atoms with van der Waals surface area (Å²) in [7, 11) is 1.42. The average molecular weight is 484 g/mol. The first-order chi connectivity index (χ1) is 17.0. The van der Waals surface area contributed by atoms with E-state index >= 15 is 0 Å². The molecule has 5 rings (SSSR count). The third-order valence-electron chi connectivity index (χ3n) is 8.28. The van der Waals surface area contributed by atoms with E-state index in [0.717, 1.165) is 67.6 Å². The standard InChI is InChI=1S/C27H37N3O5/c1-17(15-21-5-3-4-14-35-21)30-23-11-10-18-12-13-29(27(33)34-2)16-22(18)24(23)28-25(30)19-6-8-20(9-7-19)26(31)32/h10-11,17,19-21H,3-9,12-16H2,1-2H3,(H,31,32)/t17-,19-,20-,21+/m0/s1. The zero-order chi connectivity index (χ0) is 24.5. The van der Waals surface area contributed by atoms with Crippen LogP contribution in [-0.4, -0.2) is 58.0 Å². The fraction of sp³-hybridized carbons (Fsp3) is 0.667. The Morgan fingerprint density at radius 1 is 1.20 bits per heavy atom. The maximum atomic E-state index is 12.3. The normalized spacial score (nSPS) is 25.8. The SMILES string of the molecule is COC(=O)N1CCc2ccc3c(nc([C@H]4CC[C@H](C(=O)O)CC4)n3[C@@H](C)C[C@H]3CCCCO3)c2C1. The van der Waals surface area contributed by atoms with Crippen molar-refractivity contribution in [3.05, 3.63) is 29.1 Å². The van der Waals surface area contributed by atoms with E-state index in [-0.39, 0.29) is 30.1 Å². The molecule has 1 saturated heterocycles. The number of nitrogens with zero attached hydrogens (tertiary/aromatic N) is 3. The average Bonchev–Trinajstić information content (AvgIpc) is 3.29. The van der Waals surface area contributed by atoms with Crippen LogP contribution in [0.2, 0.25) is 0 Å². The molecule has 1 amide bonds. The van der Waals surface area contributed by atoms with Gasteiger partial charge >= 0.3 is 12.1 Å². The molecule has 8 nitrogen and oxygen atoms in total. The third-order valence-corrected chi connectivity index (χ3v) is 8.28. The zero-order valence-corrected chi connectivity index (χ0v) is 20.9. The Kier molecular flexibility index (Phi) is 7.00. The summed E-state index contributed by atoms with van der Waals surface area (Å²) in [6.45, 7) is 4.24. The van der Waals surface area contributed by atoms with E-state index in [9.17, 15) is 14.7 Å². The molecule has 0 unspecified atom stereocenters. The highest BCUT2D eigenvalue weighted by Gasteiger charge is 2.33. The van der Waals surface area contributed by atoms with Gasteiger partial charge in [0.2, 0.25) is 0 Å². The number of fused-ring (bicyclic) bond motifs is 3. The number of hydrogen-bond donors (Lipinski definition) is 1. The van der Waals surface area contributed by atoms with E-state index in [0.29, 0.717) is 25.9 Å². The van der Waals surface area contributed by atoms with Crippen LogP contribution in [0.25, 0.3) is 11.0 Å². The van der Waals surface area contributed by atoms with Gasteiger partial charge in [-0.25, -0.2) is 9.78 Å². The summed E-state index contributed by atoms with van der Waals surface area (Å²) in [5, 5.41) is 9.48. The largest absolute Gasteiger partial charge is 0.481 e. The number of imidazole rings is 1. The number of carbonyl (C=O) groups is 2. The number of aliphatic carboxylic acids is 1. The van der Waals surface area contributed by atoms with E-state index in [2.05, 4.69) is 23.6 Å². The first-order valence-corrected chi connectivity index (χ1v) is 13.2. The van der Waals surface area contributed by atoms with Crippen molar-refractivity contribution in [3.8, 4) is 0 Å². The van der Waals surface area contributed by atoms with Gasteiger partial charge in [0.05, 0.1) is 36.7 Å². The number of hydrogen-bond acceptors (Lipinski definition) is 5. The van der Waals surface area contributed by atoms with Gasteiger partial charge in [-0.2, -0.15) is 0 Å². The molecular formula is C27H37N3O5. The van der Waals surface area contributed by atoms with Gasteiger partial charge < -0.3 is 24.0 Å². The second kappa shape index (κ2) is 10.2. The fourth-order valence-corrected chi connectivity index (χ4v) is 6.33. The van der Waals surface area contributed by atoms with Gasteiger partial charge in [-0.3, -0.25) is 4.79 Å². The van der Waals surface area contributed by atoms with E-state index in [1.165, 1.54) is 19.1 Å². The molecule has 1 aliphatic carbocycles. The molecule has 1 N–H and O–H groups in total. The number of carboxylic acid groups (broad SMARTS) is 1. The van der Waals surface area contributed by atoms with E-state index in [1.54, 1.807) is 4.90 Å². The molecule has 2 aliphatic heterocycles. The topological polar surface area (TPSA) is 93.9 Å². The first-order valence-electron chi connectivity index (χ1n) is 13.2. The molecule has 2 aromatic rings. The molecule has 8 heteroatoms. The number of amides is 1. The molecule has 2 fully saturated rings. The summed E-state index contributed by atoms with van der Waals surface area (Å²) >= 11 is 0. The molecule has 1 aromatic heterocycles. The lowest BCUT2D eigenvalue weighted by molar-refractivity contribution is -0.142. The van der Waals surface area contributed by atoms with Crippen molar-refractivity contribution >= 4 is 23.1 Å². The minimum absolute atomic E-state index is 0.216. The lowest BCUT2D eigenvalue weighted by Gasteiger charge is -2.30. The van der Waals surface area contributed by atoms with E-state index in [1.807, 2.05) is 0 Å². The quantitative estimate of drug-likeness (QED) is 0.640. The van der Waals surface area contributed by atoms with Crippen LogP contribution in [0, 0.1) is 5.92 Å². The van der Waals surface area contributed by atoms with Crippen LogP contribution in [0.3, 0.4) is 0 Å². The van der Waals surface area contributed by atoms with Crippen LogP contribution in [0.15, 0.2) is 12.1 Å². The summed E-state index contributed by atoms with van der Waals surface area (Å²) < 4.78 is 13.5. The Hall–Kier alpha value is -2.61. The Bertz CT molecular complexity index is 1080. The van der Waals surface area contributed by atoms with Crippen molar-refractivity contribution in [2.24, 2.45) is 5.92 Å². The summed E-state index contributed by atoms with van der Waals surface area (Å²) in [6, 6.07) is 4.60. The monoisotopic (exact) mass is 483 g/mol. The molecule has 1 aromatic carbocycles. The number of ether oxygens (including phenoxy) is 2. The summed E-state index contributed by atoms with van der Waals surface area (Å²) in [6.07, 6.45) is 8.19. The van der Waals surface area contributed by atoms with Crippen LogP contribution in [-0.2, 0) is 27.2 Å². The van der Waals surface area contributed by atoms with Crippen LogP contribution in [0.5, 0.6) is 0 Å². The number of methoxy groups -OCH3 is 1. The molecule has 0 spiro atoms. The lowest BCUT2D eigenvalue weighted by atomic mass is 9.81. The van der Waals surface area contributed by atoms with E-state index < -0.39 is 5.97 Å². The number of carboxylic acids is 1. The van der Waals surface area contributed by atoms with Crippen LogP contribution >= 0.6 is 0 Å². The smallest absolute Gasteiger partial charge is 0.409 e. The minimum atomic E-state index is -0.684. The Labute approximate surface area is 206 Å². The molecule has 3 aliphatic rings. The van der Waals surface area contributed by atoms with Gasteiger partial charge in [-0.05, 0) is 76.3 Å². The fourth-order valence-electron chi connectivity index (χ4n) is 6.33. The van der Waals surface area contributed by atoms with Gasteiger partial charge in [-0.1, -0.05) is 6.07 Å². The van der Waals surface area contributed by atoms with Crippen LogP contribution in [0.4, 0.5) is 4.79 Å². The molecule has 0 radical (unpaired) electrons. The van der Waals surface area contributed by atoms with E-state index in [4.69, 9.17) is 14.5 Å². The number of benzene rings is 1. The molecule has 1 saturated carbocycles. The zero-order valence-electron chi connectivity index (χ0n) is 20.9. The highest BCUT2D eigenvalue weighted by atomic mass is 16.5. The maximum absolute atomic E-state index is 12.3. The van der Waals surface area contributed by atoms with Crippen molar-refractivity contribution in [1.82, 2.24) is 14.5 Å². The van der Waals surface area contributed by atoms with Crippen molar-refractivity contribution in [2.75, 3.05) is 20.3 Å². The van der Waals surface area contributed by atoms with Gasteiger partial charge in [0.1, 0.15) is 5.82 Å². The van der Waals surface area contributed by atoms with Crippen LogP contribution < -0.4 is 0 Å². The second-order valence-electron chi connectivity index (χ2n) is 10.5. The van der Waals surface area contributed by atoms with Gasteiger partial charge in [-0.15, -0.1) is 0 Å². The minimum Gasteiger partial charge on any atom is -0.481 e.